The number of nitro groups is 1. The summed E-state index contributed by atoms with van der Waals surface area (Å²) in [6.07, 6.45) is -0.114. The number of nitro benzene ring substituents is 1. The molecule has 0 spiro atoms. The summed E-state index contributed by atoms with van der Waals surface area (Å²) in [4.78, 5) is 33.4. The second-order valence-electron chi connectivity index (χ2n) is 7.38. The summed E-state index contributed by atoms with van der Waals surface area (Å²) in [5, 5.41) is 16.0. The Morgan fingerprint density at radius 2 is 1.25 bits per heavy atom. The van der Waals surface area contributed by atoms with Crippen LogP contribution in [0.4, 0.5) is 11.4 Å². The number of benzene rings is 2. The highest BCUT2D eigenvalue weighted by Crippen LogP contribution is 2.23. The molecule has 0 fully saturated rings. The van der Waals surface area contributed by atoms with E-state index in [9.17, 15) is 19.7 Å². The third-order valence-corrected chi connectivity index (χ3v) is 5.23. The molecule has 12 heteroatoms. The van der Waals surface area contributed by atoms with Crippen LogP contribution in [0.1, 0.15) is 31.8 Å². The number of carbonyl (C=O) groups is 2. The number of amides is 2. The number of nitrogens with two attached hydrogens (primary N) is 1. The number of rotatable bonds is 11. The smallest absolute Gasteiger partial charge is 0.273 e. The molecule has 0 unspecified atom stereocenters. The molecule has 2 rings (SSSR count). The molecule has 198 valence electrons. The molecule has 2 aromatic carbocycles. The summed E-state index contributed by atoms with van der Waals surface area (Å²) in [6.45, 7) is 0. The SMILES string of the molecule is CNC(=O)c1ccc(CC(OC)OC)c(N)c1.CNC(=O)c1ccc(CC(OC)OC)c([N+](=O)[O-])c1. The number of hydrogen-bond acceptors (Lipinski definition) is 9. The molecule has 0 aliphatic carbocycles. The van der Waals surface area contributed by atoms with Crippen molar-refractivity contribution in [2.45, 2.75) is 25.4 Å². The van der Waals surface area contributed by atoms with E-state index in [2.05, 4.69) is 10.6 Å². The third-order valence-electron chi connectivity index (χ3n) is 5.23. The number of methoxy groups -OCH3 is 4. The van der Waals surface area contributed by atoms with Crippen LogP contribution in [0.15, 0.2) is 36.4 Å². The summed E-state index contributed by atoms with van der Waals surface area (Å²) in [6, 6.07) is 9.50. The normalized spacial score (nSPS) is 10.6. The second kappa shape index (κ2) is 15.4. The fraction of sp³-hybridized carbons (Fsp3) is 0.417. The van der Waals surface area contributed by atoms with Crippen molar-refractivity contribution in [3.8, 4) is 0 Å². The fourth-order valence-corrected chi connectivity index (χ4v) is 3.14. The molecular weight excluding hydrogens is 472 g/mol. The Balaban J connectivity index is 0.000000362. The molecule has 4 N–H and O–H groups in total. The Kier molecular flexibility index (Phi) is 13.0. The van der Waals surface area contributed by atoms with Gasteiger partial charge in [0.05, 0.1) is 4.92 Å². The number of hydrogen-bond donors (Lipinski definition) is 3. The van der Waals surface area contributed by atoms with Crippen molar-refractivity contribution in [2.75, 3.05) is 48.3 Å². The minimum Gasteiger partial charge on any atom is -0.398 e. The van der Waals surface area contributed by atoms with Gasteiger partial charge in [-0.2, -0.15) is 0 Å². The van der Waals surface area contributed by atoms with Gasteiger partial charge in [0.25, 0.3) is 17.5 Å². The minimum absolute atomic E-state index is 0.125. The Labute approximate surface area is 210 Å². The summed E-state index contributed by atoms with van der Waals surface area (Å²) in [5.41, 5.74) is 8.44. The van der Waals surface area contributed by atoms with E-state index in [1.165, 1.54) is 39.5 Å². The fourth-order valence-electron chi connectivity index (χ4n) is 3.14. The molecule has 2 aromatic rings. The highest BCUT2D eigenvalue weighted by Gasteiger charge is 2.20. The molecule has 0 heterocycles. The van der Waals surface area contributed by atoms with Crippen LogP contribution in [0.2, 0.25) is 0 Å². The van der Waals surface area contributed by atoms with Gasteiger partial charge in [-0.25, -0.2) is 0 Å². The first kappa shape index (κ1) is 30.5. The zero-order chi connectivity index (χ0) is 27.3. The van der Waals surface area contributed by atoms with Crippen molar-refractivity contribution < 1.29 is 33.5 Å². The molecule has 0 bridgehead atoms. The quantitative estimate of drug-likeness (QED) is 0.179. The van der Waals surface area contributed by atoms with Crippen LogP contribution in [0, 0.1) is 10.1 Å². The highest BCUT2D eigenvalue weighted by molar-refractivity contribution is 5.95. The predicted octanol–water partition coefficient (Wildman–Crippen LogP) is 1.91. The van der Waals surface area contributed by atoms with Gasteiger partial charge >= 0.3 is 0 Å². The zero-order valence-electron chi connectivity index (χ0n) is 21.3. The summed E-state index contributed by atoms with van der Waals surface area (Å²) in [5.74, 6) is -0.525. The van der Waals surface area contributed by atoms with Crippen LogP contribution < -0.4 is 16.4 Å². The molecule has 0 atom stereocenters. The number of ether oxygens (including phenoxy) is 4. The molecule has 0 saturated carbocycles. The molecule has 0 aliphatic heterocycles. The third kappa shape index (κ3) is 8.89. The van der Waals surface area contributed by atoms with Crippen molar-refractivity contribution in [2.24, 2.45) is 0 Å². The van der Waals surface area contributed by atoms with Gasteiger partial charge < -0.3 is 35.3 Å². The number of carbonyl (C=O) groups excluding carboxylic acids is 2. The molecule has 36 heavy (non-hydrogen) atoms. The zero-order valence-corrected chi connectivity index (χ0v) is 21.3. The summed E-state index contributed by atoms with van der Waals surface area (Å²) < 4.78 is 20.2. The standard InChI is InChI=1S/C12H16N2O5.C12H18N2O3/c1-13-12(15)9-5-4-8(7-11(18-2)19-3)10(6-9)14(16)17;1-14-12(15)9-5-4-8(10(13)6-9)7-11(16-2)17-3/h4-6,11H,7H2,1-3H3,(H,13,15);4-6,11H,7,13H2,1-3H3,(H,14,15). The van der Waals surface area contributed by atoms with E-state index in [0.717, 1.165) is 5.56 Å². The first-order valence-corrected chi connectivity index (χ1v) is 10.9. The first-order valence-electron chi connectivity index (χ1n) is 10.9. The van der Waals surface area contributed by atoms with E-state index in [4.69, 9.17) is 24.7 Å². The lowest BCUT2D eigenvalue weighted by molar-refractivity contribution is -0.385. The van der Waals surface area contributed by atoms with E-state index in [0.29, 0.717) is 23.2 Å². The van der Waals surface area contributed by atoms with Gasteiger partial charge in [0.1, 0.15) is 0 Å². The van der Waals surface area contributed by atoms with Crippen LogP contribution in [0.3, 0.4) is 0 Å². The highest BCUT2D eigenvalue weighted by atomic mass is 16.7. The number of nitrogens with zero attached hydrogens (tertiary/aromatic N) is 1. The molecule has 12 nitrogen and oxygen atoms in total. The van der Waals surface area contributed by atoms with Crippen LogP contribution >= 0.6 is 0 Å². The van der Waals surface area contributed by atoms with Crippen molar-refractivity contribution in [1.82, 2.24) is 10.6 Å². The molecule has 0 saturated heterocycles. The maximum Gasteiger partial charge on any atom is 0.273 e. The van der Waals surface area contributed by atoms with Crippen molar-refractivity contribution in [1.29, 1.82) is 0 Å². The van der Waals surface area contributed by atoms with Crippen LogP contribution in [0.25, 0.3) is 0 Å². The predicted molar refractivity (Wildman–Crippen MR) is 134 cm³/mol. The van der Waals surface area contributed by atoms with E-state index >= 15 is 0 Å². The second-order valence-corrected chi connectivity index (χ2v) is 7.38. The van der Waals surface area contributed by atoms with Crippen LogP contribution in [-0.4, -0.2) is 71.9 Å². The van der Waals surface area contributed by atoms with Gasteiger partial charge in [-0.05, 0) is 23.8 Å². The minimum atomic E-state index is -0.565. The Morgan fingerprint density at radius 1 is 0.833 bits per heavy atom. The summed E-state index contributed by atoms with van der Waals surface area (Å²) >= 11 is 0. The average molecular weight is 507 g/mol. The summed E-state index contributed by atoms with van der Waals surface area (Å²) in [7, 11) is 9.11. The Bertz CT molecular complexity index is 1020. The first-order chi connectivity index (χ1) is 17.1. The lowest BCUT2D eigenvalue weighted by Crippen LogP contribution is -2.19. The number of nitrogen functional groups attached to an aromatic ring is 1. The van der Waals surface area contributed by atoms with Crippen molar-refractivity contribution >= 4 is 23.2 Å². The van der Waals surface area contributed by atoms with Crippen LogP contribution in [0.5, 0.6) is 0 Å². The largest absolute Gasteiger partial charge is 0.398 e. The van der Waals surface area contributed by atoms with Gasteiger partial charge in [-0.15, -0.1) is 0 Å². The molecular formula is C24H34N4O8. The van der Waals surface area contributed by atoms with E-state index in [1.807, 2.05) is 6.07 Å². The van der Waals surface area contributed by atoms with E-state index in [1.54, 1.807) is 33.4 Å². The average Bonchev–Trinajstić information content (AvgIpc) is 2.90. The van der Waals surface area contributed by atoms with Gasteiger partial charge in [-0.1, -0.05) is 12.1 Å². The number of anilines is 1. The number of nitrogens with one attached hydrogen (secondary N) is 2. The Hall–Kier alpha value is -3.58. The van der Waals surface area contributed by atoms with Gasteiger partial charge in [-0.3, -0.25) is 19.7 Å². The monoisotopic (exact) mass is 506 g/mol. The Morgan fingerprint density at radius 3 is 1.64 bits per heavy atom. The maximum absolute atomic E-state index is 11.5. The van der Waals surface area contributed by atoms with Crippen molar-refractivity contribution in [3.63, 3.8) is 0 Å². The molecule has 0 aliphatic rings. The van der Waals surface area contributed by atoms with Gasteiger partial charge in [0.15, 0.2) is 12.6 Å². The van der Waals surface area contributed by atoms with Crippen molar-refractivity contribution in [3.05, 3.63) is 68.8 Å². The van der Waals surface area contributed by atoms with Gasteiger partial charge in [0.2, 0.25) is 0 Å². The van der Waals surface area contributed by atoms with Crippen LogP contribution in [-0.2, 0) is 31.8 Å². The van der Waals surface area contributed by atoms with E-state index in [-0.39, 0.29) is 35.8 Å². The van der Waals surface area contributed by atoms with E-state index < -0.39 is 11.2 Å². The molecule has 0 radical (unpaired) electrons. The van der Waals surface area contributed by atoms with Gasteiger partial charge in [0, 0.05) is 83.8 Å². The topological polar surface area (TPSA) is 164 Å². The maximum atomic E-state index is 11.5. The molecule has 0 aromatic heterocycles. The lowest BCUT2D eigenvalue weighted by Gasteiger charge is -2.15. The lowest BCUT2D eigenvalue weighted by atomic mass is 10.1. The molecule has 2 amide bonds.